The zero-order valence-electron chi connectivity index (χ0n) is 14.5. The number of halogens is 1. The van der Waals surface area contributed by atoms with Crippen molar-refractivity contribution in [1.29, 1.82) is 0 Å². The topological polar surface area (TPSA) is 60.7 Å². The van der Waals surface area contributed by atoms with Crippen LogP contribution in [-0.2, 0) is 5.54 Å². The first-order valence-corrected chi connectivity index (χ1v) is 8.34. The van der Waals surface area contributed by atoms with E-state index in [0.717, 1.165) is 5.56 Å². The first kappa shape index (κ1) is 16.4. The van der Waals surface area contributed by atoms with Gasteiger partial charge in [0.15, 0.2) is 17.3 Å². The molecule has 0 atom stereocenters. The zero-order valence-corrected chi connectivity index (χ0v) is 14.5. The van der Waals surface area contributed by atoms with Gasteiger partial charge in [0.05, 0.1) is 5.54 Å². The van der Waals surface area contributed by atoms with Crippen molar-refractivity contribution in [2.75, 3.05) is 13.2 Å². The summed E-state index contributed by atoms with van der Waals surface area (Å²) < 4.78 is 30.0. The Labute approximate surface area is 149 Å². The predicted molar refractivity (Wildman–Crippen MR) is 94.1 cm³/mol. The van der Waals surface area contributed by atoms with E-state index in [1.54, 1.807) is 0 Å². The van der Waals surface area contributed by atoms with Gasteiger partial charge in [-0.25, -0.2) is 4.39 Å². The van der Waals surface area contributed by atoms with Gasteiger partial charge in [0.2, 0.25) is 0 Å². The van der Waals surface area contributed by atoms with Crippen LogP contribution in [0.25, 0.3) is 11.0 Å². The van der Waals surface area contributed by atoms with Gasteiger partial charge >= 0.3 is 0 Å². The molecule has 0 saturated heterocycles. The lowest BCUT2D eigenvalue weighted by atomic mass is 9.93. The third-order valence-corrected chi connectivity index (χ3v) is 4.39. The lowest BCUT2D eigenvalue weighted by Crippen LogP contribution is -2.40. The van der Waals surface area contributed by atoms with E-state index in [1.165, 1.54) is 24.3 Å². The molecule has 134 valence electrons. The van der Waals surface area contributed by atoms with Crippen LogP contribution in [0.2, 0.25) is 0 Å². The monoisotopic (exact) mass is 355 g/mol. The second-order valence-electron chi connectivity index (χ2n) is 6.73. The standard InChI is InChI=1S/C20H18FNO4/c1-20(2,13-3-5-16-17(11-13)25-8-7-24-16)22-19(23)18-10-12-9-14(21)4-6-15(12)26-18/h3-6,9-11H,7-8H2,1-2H3,(H,22,23). The van der Waals surface area contributed by atoms with Gasteiger partial charge in [-0.2, -0.15) is 0 Å². The smallest absolute Gasteiger partial charge is 0.287 e. The van der Waals surface area contributed by atoms with E-state index in [4.69, 9.17) is 13.9 Å². The molecule has 0 saturated carbocycles. The largest absolute Gasteiger partial charge is 0.486 e. The number of carbonyl (C=O) groups is 1. The van der Waals surface area contributed by atoms with Crippen LogP contribution < -0.4 is 14.8 Å². The molecule has 2 aromatic carbocycles. The van der Waals surface area contributed by atoms with Gasteiger partial charge in [-0.05, 0) is 55.8 Å². The zero-order chi connectivity index (χ0) is 18.3. The Bertz CT molecular complexity index is 993. The predicted octanol–water partition coefficient (Wildman–Crippen LogP) is 4.01. The summed E-state index contributed by atoms with van der Waals surface area (Å²) in [5.41, 5.74) is 0.669. The molecule has 1 aliphatic rings. The van der Waals surface area contributed by atoms with Crippen LogP contribution in [0.5, 0.6) is 11.5 Å². The Morgan fingerprint density at radius 2 is 1.81 bits per heavy atom. The summed E-state index contributed by atoms with van der Waals surface area (Å²) in [6, 6.07) is 11.3. The highest BCUT2D eigenvalue weighted by Crippen LogP contribution is 2.34. The molecule has 0 spiro atoms. The lowest BCUT2D eigenvalue weighted by Gasteiger charge is -2.28. The van der Waals surface area contributed by atoms with Crippen molar-refractivity contribution in [2.45, 2.75) is 19.4 Å². The molecule has 4 rings (SSSR count). The van der Waals surface area contributed by atoms with Crippen molar-refractivity contribution in [3.05, 3.63) is 59.6 Å². The number of carbonyl (C=O) groups excluding carboxylic acids is 1. The van der Waals surface area contributed by atoms with Crippen LogP contribution >= 0.6 is 0 Å². The fourth-order valence-electron chi connectivity index (χ4n) is 2.98. The number of hydrogen-bond acceptors (Lipinski definition) is 4. The molecule has 0 bridgehead atoms. The number of hydrogen-bond donors (Lipinski definition) is 1. The number of furan rings is 1. The molecule has 1 aromatic heterocycles. The second kappa shape index (κ2) is 6.05. The molecular weight excluding hydrogens is 337 g/mol. The van der Waals surface area contributed by atoms with Gasteiger partial charge in [0.25, 0.3) is 5.91 Å². The van der Waals surface area contributed by atoms with E-state index in [-0.39, 0.29) is 17.5 Å². The Hall–Kier alpha value is -3.02. The van der Waals surface area contributed by atoms with E-state index in [2.05, 4.69) is 5.32 Å². The second-order valence-corrected chi connectivity index (χ2v) is 6.73. The minimum absolute atomic E-state index is 0.135. The van der Waals surface area contributed by atoms with E-state index >= 15 is 0 Å². The molecule has 1 amide bonds. The van der Waals surface area contributed by atoms with Crippen molar-refractivity contribution in [3.63, 3.8) is 0 Å². The molecule has 0 radical (unpaired) electrons. The van der Waals surface area contributed by atoms with Gasteiger partial charge in [0, 0.05) is 5.39 Å². The summed E-state index contributed by atoms with van der Waals surface area (Å²) in [5.74, 6) is 0.747. The molecule has 3 aromatic rings. The molecule has 26 heavy (non-hydrogen) atoms. The fraction of sp³-hybridized carbons (Fsp3) is 0.250. The normalized spacial score (nSPS) is 13.7. The highest BCUT2D eigenvalue weighted by Gasteiger charge is 2.27. The highest BCUT2D eigenvalue weighted by atomic mass is 19.1. The SMILES string of the molecule is CC(C)(NC(=O)c1cc2cc(F)ccc2o1)c1ccc2c(c1)OCCO2. The lowest BCUT2D eigenvalue weighted by molar-refractivity contribution is 0.0885. The average Bonchev–Trinajstić information content (AvgIpc) is 3.04. The minimum atomic E-state index is -0.669. The first-order valence-electron chi connectivity index (χ1n) is 8.34. The third-order valence-electron chi connectivity index (χ3n) is 4.39. The number of fused-ring (bicyclic) bond motifs is 2. The molecular formula is C20H18FNO4. The highest BCUT2D eigenvalue weighted by molar-refractivity contribution is 5.96. The third kappa shape index (κ3) is 2.98. The van der Waals surface area contributed by atoms with Crippen LogP contribution in [-0.4, -0.2) is 19.1 Å². The van der Waals surface area contributed by atoms with E-state index in [1.807, 2.05) is 32.0 Å². The first-order chi connectivity index (χ1) is 12.4. The van der Waals surface area contributed by atoms with Gasteiger partial charge in [-0.15, -0.1) is 0 Å². The van der Waals surface area contributed by atoms with Crippen LogP contribution in [0.3, 0.4) is 0 Å². The van der Waals surface area contributed by atoms with Crippen molar-refractivity contribution in [1.82, 2.24) is 5.32 Å². The Balaban J connectivity index is 1.58. The van der Waals surface area contributed by atoms with E-state index < -0.39 is 5.54 Å². The Morgan fingerprint density at radius 1 is 1.04 bits per heavy atom. The number of amides is 1. The molecule has 0 fully saturated rings. The maximum atomic E-state index is 13.3. The molecule has 6 heteroatoms. The molecule has 5 nitrogen and oxygen atoms in total. The average molecular weight is 355 g/mol. The Morgan fingerprint density at radius 3 is 2.62 bits per heavy atom. The van der Waals surface area contributed by atoms with Crippen LogP contribution in [0.4, 0.5) is 4.39 Å². The van der Waals surface area contributed by atoms with Crippen molar-refractivity contribution in [3.8, 4) is 11.5 Å². The van der Waals surface area contributed by atoms with Gasteiger partial charge in [-0.3, -0.25) is 4.79 Å². The number of ether oxygens (including phenoxy) is 2. The molecule has 0 unspecified atom stereocenters. The van der Waals surface area contributed by atoms with Crippen molar-refractivity contribution >= 4 is 16.9 Å². The van der Waals surface area contributed by atoms with E-state index in [0.29, 0.717) is 35.7 Å². The summed E-state index contributed by atoms with van der Waals surface area (Å²) in [4.78, 5) is 12.6. The number of benzene rings is 2. The molecule has 1 N–H and O–H groups in total. The van der Waals surface area contributed by atoms with Crippen LogP contribution in [0, 0.1) is 5.82 Å². The molecule has 1 aliphatic heterocycles. The summed E-state index contributed by atoms with van der Waals surface area (Å²) in [6.45, 7) is 4.80. The maximum absolute atomic E-state index is 13.3. The van der Waals surface area contributed by atoms with Crippen molar-refractivity contribution < 1.29 is 23.1 Å². The molecule has 2 heterocycles. The summed E-state index contributed by atoms with van der Waals surface area (Å²) in [7, 11) is 0. The van der Waals surface area contributed by atoms with Crippen molar-refractivity contribution in [2.24, 2.45) is 0 Å². The summed E-state index contributed by atoms with van der Waals surface area (Å²) in [6.07, 6.45) is 0. The van der Waals surface area contributed by atoms with Gasteiger partial charge < -0.3 is 19.2 Å². The summed E-state index contributed by atoms with van der Waals surface area (Å²) >= 11 is 0. The van der Waals surface area contributed by atoms with Gasteiger partial charge in [-0.1, -0.05) is 6.07 Å². The van der Waals surface area contributed by atoms with Crippen LogP contribution in [0.1, 0.15) is 30.0 Å². The number of nitrogens with one attached hydrogen (secondary N) is 1. The minimum Gasteiger partial charge on any atom is -0.486 e. The maximum Gasteiger partial charge on any atom is 0.287 e. The molecule has 0 aliphatic carbocycles. The summed E-state index contributed by atoms with van der Waals surface area (Å²) in [5, 5.41) is 3.50. The fourth-order valence-corrected chi connectivity index (χ4v) is 2.98. The van der Waals surface area contributed by atoms with Crippen LogP contribution in [0.15, 0.2) is 46.9 Å². The van der Waals surface area contributed by atoms with E-state index in [9.17, 15) is 9.18 Å². The Kier molecular flexibility index (Phi) is 3.83. The number of rotatable bonds is 3. The quantitative estimate of drug-likeness (QED) is 0.771. The van der Waals surface area contributed by atoms with Gasteiger partial charge in [0.1, 0.15) is 24.6 Å².